The summed E-state index contributed by atoms with van der Waals surface area (Å²) in [6.07, 6.45) is 0.159. The highest BCUT2D eigenvalue weighted by Gasteiger charge is 2.38. The number of rotatable bonds is 10. The minimum atomic E-state index is -4.53. The first-order chi connectivity index (χ1) is 22.7. The molecule has 1 aliphatic rings. The van der Waals surface area contributed by atoms with Gasteiger partial charge in [-0.25, -0.2) is 8.78 Å². The zero-order valence-corrected chi connectivity index (χ0v) is 29.3. The van der Waals surface area contributed by atoms with Gasteiger partial charge in [-0.3, -0.25) is 4.90 Å². The van der Waals surface area contributed by atoms with Crippen LogP contribution in [0.4, 0.5) is 27.6 Å². The number of likely N-dealkylation sites (N-methyl/N-ethyl adjacent to an activating group) is 2. The molecule has 0 spiro atoms. The van der Waals surface area contributed by atoms with Gasteiger partial charge in [0.25, 0.3) is 0 Å². The second-order valence-corrected chi connectivity index (χ2v) is 12.9. The van der Waals surface area contributed by atoms with E-state index in [9.17, 15) is 13.2 Å². The molecule has 4 rings (SSSR count). The molecule has 1 unspecified atom stereocenters. The second kappa shape index (κ2) is 15.1. The second-order valence-electron chi connectivity index (χ2n) is 12.9. The maximum atomic E-state index is 15.7. The van der Waals surface area contributed by atoms with Crippen LogP contribution >= 0.6 is 0 Å². The molecule has 1 fully saturated rings. The predicted molar refractivity (Wildman–Crippen MR) is 188 cm³/mol. The molecule has 1 saturated heterocycles. The number of allylic oxidation sites excluding steroid dienone is 1. The number of unbranched alkanes of at least 4 members (excludes halogenated alkanes) is 1. The van der Waals surface area contributed by atoms with Crippen molar-refractivity contribution in [1.29, 1.82) is 0 Å². The summed E-state index contributed by atoms with van der Waals surface area (Å²) in [5.41, 5.74) is 5.03. The lowest BCUT2D eigenvalue weighted by atomic mass is 9.83. The SMILES string of the molecule is C=C(/C(Cc1ccc(C#CCCC)c(F)c1F)=C(\C)C1(C)CCCN1C)N(C)c1ccc(C(F)(F)F)cc1-c1cccc(CC)c1CC. The lowest BCUT2D eigenvalue weighted by molar-refractivity contribution is -0.137. The van der Waals surface area contributed by atoms with Gasteiger partial charge in [-0.2, -0.15) is 13.2 Å². The van der Waals surface area contributed by atoms with Crippen molar-refractivity contribution in [2.45, 2.75) is 91.3 Å². The minimum Gasteiger partial charge on any atom is -0.344 e. The molecule has 48 heavy (non-hydrogen) atoms. The lowest BCUT2D eigenvalue weighted by Gasteiger charge is -2.37. The van der Waals surface area contributed by atoms with Gasteiger partial charge >= 0.3 is 6.18 Å². The van der Waals surface area contributed by atoms with E-state index in [2.05, 4.69) is 30.2 Å². The third-order valence-corrected chi connectivity index (χ3v) is 10.1. The maximum Gasteiger partial charge on any atom is 0.416 e. The van der Waals surface area contributed by atoms with Gasteiger partial charge < -0.3 is 4.90 Å². The third kappa shape index (κ3) is 7.39. The van der Waals surface area contributed by atoms with Crippen molar-refractivity contribution >= 4 is 5.69 Å². The fourth-order valence-corrected chi connectivity index (χ4v) is 6.85. The predicted octanol–water partition coefficient (Wildman–Crippen LogP) is 10.9. The Hall–Kier alpha value is -3.89. The van der Waals surface area contributed by atoms with Gasteiger partial charge in [0.05, 0.1) is 11.1 Å². The molecule has 2 nitrogen and oxygen atoms in total. The number of hydrogen-bond acceptors (Lipinski definition) is 2. The van der Waals surface area contributed by atoms with E-state index in [0.29, 0.717) is 35.4 Å². The number of hydrogen-bond donors (Lipinski definition) is 0. The smallest absolute Gasteiger partial charge is 0.344 e. The monoisotopic (exact) mass is 662 g/mol. The number of likely N-dealkylation sites (tertiary alicyclic amines) is 1. The highest BCUT2D eigenvalue weighted by atomic mass is 19.4. The Morgan fingerprint density at radius 1 is 0.979 bits per heavy atom. The van der Waals surface area contributed by atoms with Crippen LogP contribution in [0.5, 0.6) is 0 Å². The molecule has 1 atom stereocenters. The van der Waals surface area contributed by atoms with E-state index in [-0.39, 0.29) is 23.1 Å². The normalized spacial score (nSPS) is 17.2. The minimum absolute atomic E-state index is 0.0146. The Morgan fingerprint density at radius 3 is 2.31 bits per heavy atom. The van der Waals surface area contributed by atoms with Gasteiger partial charge in [-0.15, -0.1) is 0 Å². The van der Waals surface area contributed by atoms with E-state index in [1.807, 2.05) is 52.9 Å². The van der Waals surface area contributed by atoms with Crippen LogP contribution < -0.4 is 4.90 Å². The largest absolute Gasteiger partial charge is 0.416 e. The molecule has 1 heterocycles. The van der Waals surface area contributed by atoms with Gasteiger partial charge in [0.15, 0.2) is 11.6 Å². The molecule has 0 N–H and O–H groups in total. The molecule has 3 aromatic carbocycles. The molecule has 0 aromatic heterocycles. The van der Waals surface area contributed by atoms with Crippen molar-refractivity contribution in [1.82, 2.24) is 4.90 Å². The fraction of sp³-hybridized carbons (Fsp3) is 0.415. The Morgan fingerprint density at radius 2 is 1.71 bits per heavy atom. The van der Waals surface area contributed by atoms with Crippen molar-refractivity contribution < 1.29 is 22.0 Å². The Balaban J connectivity index is 1.90. The summed E-state index contributed by atoms with van der Waals surface area (Å²) < 4.78 is 73.3. The van der Waals surface area contributed by atoms with Crippen LogP contribution in [-0.2, 0) is 25.4 Å². The number of benzene rings is 3. The molecular formula is C41H47F5N2. The maximum absolute atomic E-state index is 15.7. The third-order valence-electron chi connectivity index (χ3n) is 10.1. The molecular weight excluding hydrogens is 615 g/mol. The first kappa shape index (κ1) is 36.9. The molecule has 7 heteroatoms. The van der Waals surface area contributed by atoms with Crippen LogP contribution in [0.2, 0.25) is 0 Å². The van der Waals surface area contributed by atoms with Crippen LogP contribution in [0.15, 0.2) is 72.0 Å². The number of nitrogens with zero attached hydrogens (tertiary/aromatic N) is 2. The van der Waals surface area contributed by atoms with Crippen LogP contribution in [0.3, 0.4) is 0 Å². The summed E-state index contributed by atoms with van der Waals surface area (Å²) >= 11 is 0. The summed E-state index contributed by atoms with van der Waals surface area (Å²) in [5.74, 6) is 3.68. The fourth-order valence-electron chi connectivity index (χ4n) is 6.85. The van der Waals surface area contributed by atoms with E-state index in [1.165, 1.54) is 18.2 Å². The van der Waals surface area contributed by atoms with Crippen molar-refractivity contribution in [3.05, 3.63) is 111 Å². The zero-order chi connectivity index (χ0) is 35.4. The Bertz CT molecular complexity index is 1760. The summed E-state index contributed by atoms with van der Waals surface area (Å²) in [6, 6.07) is 12.6. The highest BCUT2D eigenvalue weighted by molar-refractivity contribution is 5.83. The lowest BCUT2D eigenvalue weighted by Crippen LogP contribution is -2.40. The van der Waals surface area contributed by atoms with Crippen molar-refractivity contribution in [2.24, 2.45) is 0 Å². The molecule has 256 valence electrons. The van der Waals surface area contributed by atoms with Gasteiger partial charge in [0, 0.05) is 42.4 Å². The summed E-state index contributed by atoms with van der Waals surface area (Å²) in [7, 11) is 3.83. The molecule has 0 saturated carbocycles. The molecule has 0 amide bonds. The average molecular weight is 663 g/mol. The summed E-state index contributed by atoms with van der Waals surface area (Å²) in [4.78, 5) is 4.05. The van der Waals surface area contributed by atoms with Crippen LogP contribution in [-0.4, -0.2) is 31.1 Å². The highest BCUT2D eigenvalue weighted by Crippen LogP contribution is 2.43. The molecule has 1 aliphatic heterocycles. The average Bonchev–Trinajstić information content (AvgIpc) is 3.42. The van der Waals surface area contributed by atoms with E-state index in [0.717, 1.165) is 60.6 Å². The topological polar surface area (TPSA) is 6.48 Å². The number of anilines is 1. The number of alkyl halides is 3. The quantitative estimate of drug-likeness (QED) is 0.121. The standard InChI is InChI=1S/C41H47F5N2/c1-9-12-13-16-30-19-20-31(39(43)38(30)42)25-35(27(4)40(6)23-15-24-47(40)7)28(5)48(8)37-22-21-32(41(44,45)46)26-36(37)34-18-14-17-29(10-2)33(34)11-3/h14,17-22,26H,5,9-12,15,23-25H2,1-4,6-8H3/b35-27+. The van der Waals surface area contributed by atoms with Crippen LogP contribution in [0.1, 0.15) is 88.1 Å². The van der Waals surface area contributed by atoms with Gasteiger partial charge in [-0.05, 0) is 117 Å². The molecule has 0 radical (unpaired) electrons. The Labute approximate surface area is 283 Å². The van der Waals surface area contributed by atoms with Gasteiger partial charge in [0.1, 0.15) is 0 Å². The van der Waals surface area contributed by atoms with Crippen LogP contribution in [0, 0.1) is 23.5 Å². The number of halogens is 5. The van der Waals surface area contributed by atoms with Crippen molar-refractivity contribution in [2.75, 3.05) is 25.5 Å². The van der Waals surface area contributed by atoms with Gasteiger partial charge in [-0.1, -0.05) is 63.5 Å². The van der Waals surface area contributed by atoms with Crippen molar-refractivity contribution in [3.8, 4) is 23.0 Å². The van der Waals surface area contributed by atoms with Crippen LogP contribution in [0.25, 0.3) is 11.1 Å². The van der Waals surface area contributed by atoms with Gasteiger partial charge in [0.2, 0.25) is 0 Å². The van der Waals surface area contributed by atoms with E-state index in [1.54, 1.807) is 18.0 Å². The molecule has 3 aromatic rings. The van der Waals surface area contributed by atoms with E-state index < -0.39 is 23.4 Å². The first-order valence-electron chi connectivity index (χ1n) is 16.8. The zero-order valence-electron chi connectivity index (χ0n) is 29.3. The first-order valence-corrected chi connectivity index (χ1v) is 16.8. The molecule has 0 bridgehead atoms. The molecule has 0 aliphatic carbocycles. The summed E-state index contributed by atoms with van der Waals surface area (Å²) in [5, 5.41) is 0. The Kier molecular flexibility index (Phi) is 11.6. The summed E-state index contributed by atoms with van der Waals surface area (Å²) in [6.45, 7) is 15.5. The van der Waals surface area contributed by atoms with E-state index in [4.69, 9.17) is 0 Å². The number of aryl methyl sites for hydroxylation is 1. The van der Waals surface area contributed by atoms with Crippen molar-refractivity contribution in [3.63, 3.8) is 0 Å². The van der Waals surface area contributed by atoms with E-state index >= 15 is 8.78 Å².